The molecule has 0 aliphatic rings. The predicted octanol–water partition coefficient (Wildman–Crippen LogP) is 2.56. The second-order valence-electron chi connectivity index (χ2n) is 5.57. The normalized spacial score (nSPS) is 12.9. The van der Waals surface area contributed by atoms with Crippen LogP contribution in [0, 0.1) is 19.7 Å². The molecule has 0 saturated heterocycles. The van der Waals surface area contributed by atoms with E-state index in [-0.39, 0.29) is 11.9 Å². The predicted molar refractivity (Wildman–Crippen MR) is 82.6 cm³/mol. The fourth-order valence-electron chi connectivity index (χ4n) is 2.45. The number of aryl methyl sites for hydroxylation is 2. The summed E-state index contributed by atoms with van der Waals surface area (Å²) in [6.07, 6.45) is 0. The smallest absolute Gasteiger partial charge is 0.123 e. The minimum absolute atomic E-state index is 0.200. The molecule has 114 valence electrons. The summed E-state index contributed by atoms with van der Waals surface area (Å²) in [5.74, 6) is -0.200. The Morgan fingerprint density at radius 1 is 1.24 bits per heavy atom. The lowest BCUT2D eigenvalue weighted by atomic mass is 10.1. The summed E-state index contributed by atoms with van der Waals surface area (Å²) in [6, 6.07) is 6.91. The molecule has 0 fully saturated rings. The van der Waals surface area contributed by atoms with Crippen molar-refractivity contribution >= 4 is 0 Å². The molecule has 0 unspecified atom stereocenters. The lowest BCUT2D eigenvalue weighted by molar-refractivity contribution is 0.288. The maximum Gasteiger partial charge on any atom is 0.123 e. The fourth-order valence-corrected chi connectivity index (χ4v) is 2.45. The number of aromatic amines is 1. The number of nitrogens with zero attached hydrogens (tertiary/aromatic N) is 2. The van der Waals surface area contributed by atoms with Crippen molar-refractivity contribution in [3.05, 3.63) is 52.6 Å². The van der Waals surface area contributed by atoms with Gasteiger partial charge in [-0.25, -0.2) is 4.39 Å². The third kappa shape index (κ3) is 3.89. The van der Waals surface area contributed by atoms with Crippen molar-refractivity contribution in [1.82, 2.24) is 20.4 Å². The lowest BCUT2D eigenvalue weighted by Crippen LogP contribution is -2.31. The summed E-state index contributed by atoms with van der Waals surface area (Å²) in [4.78, 5) is 2.13. The van der Waals surface area contributed by atoms with E-state index < -0.39 is 0 Å². The van der Waals surface area contributed by atoms with Gasteiger partial charge in [-0.15, -0.1) is 0 Å². The molecule has 0 radical (unpaired) electrons. The van der Waals surface area contributed by atoms with E-state index in [1.54, 1.807) is 0 Å². The first-order valence-electron chi connectivity index (χ1n) is 7.12. The van der Waals surface area contributed by atoms with Gasteiger partial charge in [-0.2, -0.15) is 5.10 Å². The first-order valence-corrected chi connectivity index (χ1v) is 7.12. The number of benzene rings is 1. The maximum atomic E-state index is 13.0. The van der Waals surface area contributed by atoms with Crippen LogP contribution in [-0.2, 0) is 6.54 Å². The van der Waals surface area contributed by atoms with Gasteiger partial charge in [0.25, 0.3) is 0 Å². The third-order valence-corrected chi connectivity index (χ3v) is 3.80. The van der Waals surface area contributed by atoms with E-state index in [0.717, 1.165) is 30.0 Å². The lowest BCUT2D eigenvalue weighted by Gasteiger charge is -2.25. The number of nitrogens with one attached hydrogen (secondary N) is 2. The van der Waals surface area contributed by atoms with Crippen molar-refractivity contribution in [1.29, 1.82) is 0 Å². The van der Waals surface area contributed by atoms with Crippen molar-refractivity contribution in [2.75, 3.05) is 20.6 Å². The highest BCUT2D eigenvalue weighted by Crippen LogP contribution is 2.18. The summed E-state index contributed by atoms with van der Waals surface area (Å²) >= 11 is 0. The zero-order chi connectivity index (χ0) is 15.4. The minimum Gasteiger partial charge on any atom is -0.311 e. The summed E-state index contributed by atoms with van der Waals surface area (Å²) in [7, 11) is 4.06. The number of likely N-dealkylation sites (N-methyl/N-ethyl adjacent to an activating group) is 1. The van der Waals surface area contributed by atoms with Gasteiger partial charge in [0.2, 0.25) is 0 Å². The zero-order valence-corrected chi connectivity index (χ0v) is 13.1. The highest BCUT2D eigenvalue weighted by atomic mass is 19.1. The van der Waals surface area contributed by atoms with Gasteiger partial charge in [-0.1, -0.05) is 12.1 Å². The van der Waals surface area contributed by atoms with Gasteiger partial charge in [-0.05, 0) is 45.6 Å². The van der Waals surface area contributed by atoms with E-state index in [4.69, 9.17) is 0 Å². The second-order valence-corrected chi connectivity index (χ2v) is 5.57. The van der Waals surface area contributed by atoms with Gasteiger partial charge in [0.05, 0.1) is 5.69 Å². The fraction of sp³-hybridized carbons (Fsp3) is 0.438. The molecule has 4 nitrogen and oxygen atoms in total. The molecule has 1 aromatic carbocycles. The molecule has 1 atom stereocenters. The van der Waals surface area contributed by atoms with Gasteiger partial charge in [0, 0.05) is 30.4 Å². The number of aromatic nitrogens is 2. The molecule has 1 aromatic heterocycles. The quantitative estimate of drug-likeness (QED) is 0.859. The Labute approximate surface area is 125 Å². The van der Waals surface area contributed by atoms with Crippen molar-refractivity contribution < 1.29 is 4.39 Å². The number of rotatable bonds is 6. The molecule has 0 spiro atoms. The highest BCUT2D eigenvalue weighted by molar-refractivity contribution is 5.23. The average Bonchev–Trinajstić information content (AvgIpc) is 2.76. The number of H-pyrrole nitrogens is 1. The van der Waals surface area contributed by atoms with E-state index in [9.17, 15) is 4.39 Å². The van der Waals surface area contributed by atoms with Crippen LogP contribution < -0.4 is 5.32 Å². The van der Waals surface area contributed by atoms with Crippen LogP contribution in [0.3, 0.4) is 0 Å². The molecule has 21 heavy (non-hydrogen) atoms. The Morgan fingerprint density at radius 2 is 1.90 bits per heavy atom. The van der Waals surface area contributed by atoms with Crippen LogP contribution in [0.2, 0.25) is 0 Å². The van der Waals surface area contributed by atoms with Gasteiger partial charge in [-0.3, -0.25) is 5.10 Å². The molecule has 0 aliphatic carbocycles. The van der Waals surface area contributed by atoms with Crippen LogP contribution in [0.25, 0.3) is 0 Å². The van der Waals surface area contributed by atoms with Gasteiger partial charge in [0.15, 0.2) is 0 Å². The van der Waals surface area contributed by atoms with Crippen molar-refractivity contribution in [3.63, 3.8) is 0 Å². The van der Waals surface area contributed by atoms with E-state index >= 15 is 0 Å². The van der Waals surface area contributed by atoms with Crippen molar-refractivity contribution in [3.8, 4) is 0 Å². The van der Waals surface area contributed by atoms with E-state index in [1.807, 2.05) is 40.1 Å². The number of hydrogen-bond acceptors (Lipinski definition) is 3. The topological polar surface area (TPSA) is 44.0 Å². The molecular formula is C16H23FN4. The largest absolute Gasteiger partial charge is 0.311 e. The Morgan fingerprint density at radius 3 is 2.43 bits per heavy atom. The molecule has 0 bridgehead atoms. The Hall–Kier alpha value is -1.72. The zero-order valence-electron chi connectivity index (χ0n) is 13.1. The Balaban J connectivity index is 1.99. The Kier molecular flexibility index (Phi) is 5.09. The van der Waals surface area contributed by atoms with Gasteiger partial charge >= 0.3 is 0 Å². The van der Waals surface area contributed by atoms with Crippen LogP contribution in [-0.4, -0.2) is 35.7 Å². The van der Waals surface area contributed by atoms with E-state index in [1.165, 1.54) is 17.7 Å². The first kappa shape index (κ1) is 15.7. The third-order valence-electron chi connectivity index (χ3n) is 3.80. The Bertz CT molecular complexity index is 555. The minimum atomic E-state index is -0.200. The van der Waals surface area contributed by atoms with E-state index in [0.29, 0.717) is 0 Å². The molecule has 2 aromatic rings. The highest BCUT2D eigenvalue weighted by Gasteiger charge is 2.14. The first-order chi connectivity index (χ1) is 9.99. The summed E-state index contributed by atoms with van der Waals surface area (Å²) < 4.78 is 13.0. The molecule has 1 heterocycles. The molecule has 2 rings (SSSR count). The van der Waals surface area contributed by atoms with Crippen LogP contribution >= 0.6 is 0 Å². The van der Waals surface area contributed by atoms with Crippen LogP contribution in [0.1, 0.15) is 28.6 Å². The molecule has 2 N–H and O–H groups in total. The number of halogens is 1. The molecule has 5 heteroatoms. The van der Waals surface area contributed by atoms with Crippen molar-refractivity contribution in [2.45, 2.75) is 26.4 Å². The second kappa shape index (κ2) is 6.83. The summed E-state index contributed by atoms with van der Waals surface area (Å²) in [5, 5.41) is 10.7. The maximum absolute atomic E-state index is 13.0. The van der Waals surface area contributed by atoms with Gasteiger partial charge < -0.3 is 10.2 Å². The van der Waals surface area contributed by atoms with Gasteiger partial charge in [0.1, 0.15) is 5.82 Å². The molecule has 0 aliphatic heterocycles. The summed E-state index contributed by atoms with van der Waals surface area (Å²) in [6.45, 7) is 5.60. The summed E-state index contributed by atoms with van der Waals surface area (Å²) in [5.41, 5.74) is 4.45. The SMILES string of the molecule is Cc1n[nH]c(C)c1CNC[C@H](c1ccc(F)cc1)N(C)C. The number of hydrogen-bond donors (Lipinski definition) is 2. The molecular weight excluding hydrogens is 267 g/mol. The van der Waals surface area contributed by atoms with Crippen LogP contribution in [0.15, 0.2) is 24.3 Å². The van der Waals surface area contributed by atoms with E-state index in [2.05, 4.69) is 20.4 Å². The monoisotopic (exact) mass is 290 g/mol. The standard InChI is InChI=1S/C16H23FN4/c1-11-15(12(2)20-19-11)9-18-10-16(21(3)4)13-5-7-14(17)8-6-13/h5-8,16,18H,9-10H2,1-4H3,(H,19,20)/t16-/m1/s1. The average molecular weight is 290 g/mol. The van der Waals surface area contributed by atoms with Crippen LogP contribution in [0.5, 0.6) is 0 Å². The van der Waals surface area contributed by atoms with Crippen LogP contribution in [0.4, 0.5) is 4.39 Å². The molecule has 0 amide bonds. The molecule has 0 saturated carbocycles. The van der Waals surface area contributed by atoms with Crippen molar-refractivity contribution in [2.24, 2.45) is 0 Å².